The van der Waals surface area contributed by atoms with E-state index in [-0.39, 0.29) is 0 Å². The van der Waals surface area contributed by atoms with Crippen molar-refractivity contribution in [2.24, 2.45) is 0 Å². The van der Waals surface area contributed by atoms with Gasteiger partial charge in [-0.3, -0.25) is 0 Å². The first-order chi connectivity index (χ1) is 11.8. The van der Waals surface area contributed by atoms with Gasteiger partial charge in [0.05, 0.1) is 0 Å². The maximum atomic E-state index is 4.47. The Morgan fingerprint density at radius 3 is 2.71 bits per heavy atom. The number of aryl methyl sites for hydroxylation is 1. The second-order valence-corrected chi connectivity index (χ2v) is 6.20. The van der Waals surface area contributed by atoms with Gasteiger partial charge in [0, 0.05) is 24.8 Å². The van der Waals surface area contributed by atoms with Gasteiger partial charge in [0.15, 0.2) is 0 Å². The Hall–Kier alpha value is -2.88. The Kier molecular flexibility index (Phi) is 3.87. The molecule has 0 saturated carbocycles. The molecule has 1 aliphatic heterocycles. The molecule has 0 saturated heterocycles. The predicted molar refractivity (Wildman–Crippen MR) is 97.7 cm³/mol. The lowest BCUT2D eigenvalue weighted by molar-refractivity contribution is 0.719. The largest absolute Gasteiger partial charge is 0.352 e. The van der Waals surface area contributed by atoms with Crippen LogP contribution in [0.25, 0.3) is 0 Å². The number of hydrogen-bond donors (Lipinski definition) is 1. The van der Waals surface area contributed by atoms with E-state index >= 15 is 0 Å². The average Bonchev–Trinajstić information content (AvgIpc) is 2.61. The molecular weight excluding hydrogens is 296 g/mol. The van der Waals surface area contributed by atoms with E-state index in [0.29, 0.717) is 0 Å². The van der Waals surface area contributed by atoms with Gasteiger partial charge in [0.25, 0.3) is 0 Å². The van der Waals surface area contributed by atoms with Crippen molar-refractivity contribution in [2.75, 3.05) is 16.8 Å². The molecule has 4 heteroatoms. The molecule has 4 rings (SSSR count). The van der Waals surface area contributed by atoms with Crippen molar-refractivity contribution in [3.05, 3.63) is 77.6 Å². The topological polar surface area (TPSA) is 41.0 Å². The van der Waals surface area contributed by atoms with Crippen molar-refractivity contribution in [1.82, 2.24) is 9.97 Å². The van der Waals surface area contributed by atoms with E-state index in [1.807, 2.05) is 18.2 Å². The summed E-state index contributed by atoms with van der Waals surface area (Å²) < 4.78 is 0. The third-order valence-electron chi connectivity index (χ3n) is 4.40. The number of fused-ring (bicyclic) bond motifs is 1. The molecule has 0 radical (unpaired) electrons. The smallest absolute Gasteiger partial charge is 0.135 e. The molecule has 1 aromatic heterocycles. The molecule has 0 atom stereocenters. The molecule has 1 N–H and O–H groups in total. The molecule has 2 heterocycles. The molecule has 3 aromatic rings. The fraction of sp³-hybridized carbons (Fsp3) is 0.200. The minimum Gasteiger partial charge on any atom is -0.352 e. The Labute approximate surface area is 142 Å². The van der Waals surface area contributed by atoms with Gasteiger partial charge < -0.3 is 10.2 Å². The normalized spacial score (nSPS) is 13.5. The van der Waals surface area contributed by atoms with Crippen molar-refractivity contribution in [3.63, 3.8) is 0 Å². The number of nitrogens with one attached hydrogen (secondary N) is 1. The first-order valence-electron chi connectivity index (χ1n) is 8.25. The lowest BCUT2D eigenvalue weighted by atomic mass is 10.00. The van der Waals surface area contributed by atoms with E-state index < -0.39 is 0 Å². The summed E-state index contributed by atoms with van der Waals surface area (Å²) in [5.74, 6) is 1.79. The lowest BCUT2D eigenvalue weighted by Gasteiger charge is -2.29. The highest BCUT2D eigenvalue weighted by molar-refractivity contribution is 5.60. The van der Waals surface area contributed by atoms with Gasteiger partial charge in [0.1, 0.15) is 18.0 Å². The van der Waals surface area contributed by atoms with E-state index in [4.69, 9.17) is 0 Å². The van der Waals surface area contributed by atoms with Crippen LogP contribution in [0.3, 0.4) is 0 Å². The van der Waals surface area contributed by atoms with Crippen LogP contribution in [0.1, 0.15) is 16.7 Å². The van der Waals surface area contributed by atoms with Crippen LogP contribution in [0.2, 0.25) is 0 Å². The lowest BCUT2D eigenvalue weighted by Crippen LogP contribution is -2.31. The quantitative estimate of drug-likeness (QED) is 0.790. The first kappa shape index (κ1) is 14.7. The van der Waals surface area contributed by atoms with Gasteiger partial charge in [-0.05, 0) is 42.2 Å². The zero-order chi connectivity index (χ0) is 16.4. The zero-order valence-corrected chi connectivity index (χ0v) is 13.7. The summed E-state index contributed by atoms with van der Waals surface area (Å²) >= 11 is 0. The van der Waals surface area contributed by atoms with Gasteiger partial charge in [-0.15, -0.1) is 0 Å². The van der Waals surface area contributed by atoms with E-state index in [1.54, 1.807) is 6.33 Å². The van der Waals surface area contributed by atoms with Crippen molar-refractivity contribution in [3.8, 4) is 0 Å². The maximum Gasteiger partial charge on any atom is 0.135 e. The van der Waals surface area contributed by atoms with Crippen LogP contribution in [-0.2, 0) is 13.0 Å². The zero-order valence-electron chi connectivity index (χ0n) is 13.7. The molecular formula is C20H20N4. The number of hydrogen-bond acceptors (Lipinski definition) is 4. The Morgan fingerprint density at radius 1 is 0.958 bits per heavy atom. The molecule has 0 amide bonds. The molecule has 0 fully saturated rings. The van der Waals surface area contributed by atoms with Gasteiger partial charge in [0.2, 0.25) is 0 Å². The van der Waals surface area contributed by atoms with Crippen LogP contribution in [0.4, 0.5) is 17.3 Å². The highest BCUT2D eigenvalue weighted by Gasteiger charge is 2.17. The fourth-order valence-corrected chi connectivity index (χ4v) is 3.15. The number of nitrogens with zero attached hydrogens (tertiary/aromatic N) is 3. The van der Waals surface area contributed by atoms with Crippen LogP contribution >= 0.6 is 0 Å². The van der Waals surface area contributed by atoms with E-state index in [9.17, 15) is 0 Å². The fourth-order valence-electron chi connectivity index (χ4n) is 3.15. The summed E-state index contributed by atoms with van der Waals surface area (Å²) in [7, 11) is 0. The number of rotatable bonds is 3. The van der Waals surface area contributed by atoms with Crippen molar-refractivity contribution in [1.29, 1.82) is 0 Å². The summed E-state index contributed by atoms with van der Waals surface area (Å²) in [5.41, 5.74) is 5.10. The van der Waals surface area contributed by atoms with Gasteiger partial charge >= 0.3 is 0 Å². The van der Waals surface area contributed by atoms with Crippen molar-refractivity contribution < 1.29 is 0 Å². The summed E-state index contributed by atoms with van der Waals surface area (Å²) in [6.45, 7) is 3.97. The minimum absolute atomic E-state index is 0.824. The SMILES string of the molecule is Cc1cccc(Nc2cc(N3CCc4ccccc4C3)ncn2)c1. The standard InChI is InChI=1S/C20H20N4/c1-15-5-4-8-18(11-15)23-19-12-20(22-14-21-19)24-10-9-16-6-2-3-7-17(16)13-24/h2-8,11-12,14H,9-10,13H2,1H3,(H,21,22,23). The second kappa shape index (κ2) is 6.32. The third-order valence-corrected chi connectivity index (χ3v) is 4.40. The molecule has 120 valence electrons. The van der Waals surface area contributed by atoms with E-state index in [1.165, 1.54) is 16.7 Å². The Bertz CT molecular complexity index is 860. The number of anilines is 3. The molecule has 24 heavy (non-hydrogen) atoms. The maximum absolute atomic E-state index is 4.47. The van der Waals surface area contributed by atoms with E-state index in [0.717, 1.165) is 36.8 Å². The van der Waals surface area contributed by atoms with Crippen LogP contribution in [-0.4, -0.2) is 16.5 Å². The van der Waals surface area contributed by atoms with Crippen LogP contribution in [0, 0.1) is 6.92 Å². The third kappa shape index (κ3) is 3.08. The van der Waals surface area contributed by atoms with Gasteiger partial charge in [-0.25, -0.2) is 9.97 Å². The van der Waals surface area contributed by atoms with Crippen LogP contribution in [0.5, 0.6) is 0 Å². The summed E-state index contributed by atoms with van der Waals surface area (Å²) in [6, 6.07) is 19.0. The molecule has 2 aromatic carbocycles. The Morgan fingerprint density at radius 2 is 1.83 bits per heavy atom. The highest BCUT2D eigenvalue weighted by Crippen LogP contribution is 2.25. The summed E-state index contributed by atoms with van der Waals surface area (Å²) in [6.07, 6.45) is 2.69. The van der Waals surface area contributed by atoms with Crippen molar-refractivity contribution >= 4 is 17.3 Å². The summed E-state index contributed by atoms with van der Waals surface area (Å²) in [5, 5.41) is 3.37. The molecule has 1 aliphatic rings. The van der Waals surface area contributed by atoms with Gasteiger partial charge in [-0.1, -0.05) is 36.4 Å². The highest BCUT2D eigenvalue weighted by atomic mass is 15.2. The molecule has 0 spiro atoms. The van der Waals surface area contributed by atoms with Crippen molar-refractivity contribution in [2.45, 2.75) is 19.9 Å². The Balaban J connectivity index is 1.55. The number of benzene rings is 2. The molecule has 0 bridgehead atoms. The molecule has 0 aliphatic carbocycles. The minimum atomic E-state index is 0.824. The predicted octanol–water partition coefficient (Wildman–Crippen LogP) is 4.09. The van der Waals surface area contributed by atoms with Gasteiger partial charge in [-0.2, -0.15) is 0 Å². The first-order valence-corrected chi connectivity index (χ1v) is 8.25. The van der Waals surface area contributed by atoms with E-state index in [2.05, 4.69) is 63.5 Å². The molecule has 0 unspecified atom stereocenters. The molecule has 4 nitrogen and oxygen atoms in total. The van der Waals surface area contributed by atoms with Crippen LogP contribution < -0.4 is 10.2 Å². The second-order valence-electron chi connectivity index (χ2n) is 6.20. The van der Waals surface area contributed by atoms with Crippen LogP contribution in [0.15, 0.2) is 60.9 Å². The monoisotopic (exact) mass is 316 g/mol. The average molecular weight is 316 g/mol. The summed E-state index contributed by atoms with van der Waals surface area (Å²) in [4.78, 5) is 11.1. The number of aromatic nitrogens is 2.